The molecule has 1 rings (SSSR count). The van der Waals surface area contributed by atoms with Gasteiger partial charge in [0.25, 0.3) is 0 Å². The van der Waals surface area contributed by atoms with Crippen LogP contribution in [-0.2, 0) is 4.74 Å². The van der Waals surface area contributed by atoms with Crippen LogP contribution in [0.1, 0.15) is 53.4 Å². The molecule has 0 aromatic rings. The number of hydrogen-bond acceptors (Lipinski definition) is 3. The molecule has 3 atom stereocenters. The zero-order chi connectivity index (χ0) is 12.2. The first-order valence-electron chi connectivity index (χ1n) is 6.61. The largest absolute Gasteiger partial charge is 0.392 e. The Hall–Kier alpha value is -0.120. The van der Waals surface area contributed by atoms with Gasteiger partial charge in [-0.3, -0.25) is 0 Å². The zero-order valence-corrected chi connectivity index (χ0v) is 11.1. The first-order chi connectivity index (χ1) is 7.53. The van der Waals surface area contributed by atoms with Crippen molar-refractivity contribution in [2.45, 2.75) is 77.2 Å². The Kier molecular flexibility index (Phi) is 5.22. The third-order valence-corrected chi connectivity index (χ3v) is 4.00. The van der Waals surface area contributed by atoms with Gasteiger partial charge in [-0.15, -0.1) is 0 Å². The number of ether oxygens (including phenoxy) is 1. The Morgan fingerprint density at radius 3 is 2.50 bits per heavy atom. The molecule has 0 aromatic heterocycles. The molecule has 0 aromatic carbocycles. The summed E-state index contributed by atoms with van der Waals surface area (Å²) in [6.45, 7) is 9.11. The number of rotatable bonds is 5. The monoisotopic (exact) mass is 229 g/mol. The van der Waals surface area contributed by atoms with Crippen LogP contribution < -0.4 is 5.32 Å². The number of aliphatic hydroxyl groups is 1. The molecule has 0 amide bonds. The molecule has 1 aliphatic rings. The first kappa shape index (κ1) is 13.9. The molecular weight excluding hydrogens is 202 g/mol. The summed E-state index contributed by atoms with van der Waals surface area (Å²) in [6, 6.07) is 0.646. The molecule has 16 heavy (non-hydrogen) atoms. The highest BCUT2D eigenvalue weighted by atomic mass is 16.5. The maximum absolute atomic E-state index is 9.50. The van der Waals surface area contributed by atoms with Crippen LogP contribution in [0.25, 0.3) is 0 Å². The normalized spacial score (nSPS) is 28.7. The van der Waals surface area contributed by atoms with Crippen molar-refractivity contribution < 1.29 is 9.84 Å². The molecule has 1 fully saturated rings. The summed E-state index contributed by atoms with van der Waals surface area (Å²) in [4.78, 5) is 0. The van der Waals surface area contributed by atoms with Gasteiger partial charge in [-0.25, -0.2) is 0 Å². The molecule has 3 heteroatoms. The van der Waals surface area contributed by atoms with Crippen LogP contribution in [0.3, 0.4) is 0 Å². The van der Waals surface area contributed by atoms with Crippen LogP contribution >= 0.6 is 0 Å². The summed E-state index contributed by atoms with van der Waals surface area (Å²) < 4.78 is 5.93. The summed E-state index contributed by atoms with van der Waals surface area (Å²) >= 11 is 0. The average molecular weight is 229 g/mol. The lowest BCUT2D eigenvalue weighted by molar-refractivity contribution is -0.0951. The van der Waals surface area contributed by atoms with Gasteiger partial charge in [0.2, 0.25) is 0 Å². The summed E-state index contributed by atoms with van der Waals surface area (Å²) in [7, 11) is 0. The summed E-state index contributed by atoms with van der Waals surface area (Å²) in [5.74, 6) is 0. The fraction of sp³-hybridized carbons (Fsp3) is 1.00. The molecule has 1 aliphatic heterocycles. The van der Waals surface area contributed by atoms with E-state index in [9.17, 15) is 5.11 Å². The van der Waals surface area contributed by atoms with Crippen LogP contribution in [0.2, 0.25) is 0 Å². The van der Waals surface area contributed by atoms with Crippen molar-refractivity contribution in [2.24, 2.45) is 0 Å². The molecule has 1 saturated heterocycles. The fourth-order valence-corrected chi connectivity index (χ4v) is 2.42. The fourth-order valence-electron chi connectivity index (χ4n) is 2.42. The smallest absolute Gasteiger partial charge is 0.0692 e. The van der Waals surface area contributed by atoms with Crippen LogP contribution in [0.15, 0.2) is 0 Å². The van der Waals surface area contributed by atoms with Gasteiger partial charge >= 0.3 is 0 Å². The minimum atomic E-state index is -0.291. The van der Waals surface area contributed by atoms with Gasteiger partial charge in [0.05, 0.1) is 11.7 Å². The molecule has 0 radical (unpaired) electrons. The van der Waals surface area contributed by atoms with E-state index in [0.717, 1.165) is 32.3 Å². The standard InChI is InChI=1S/C13H27NO2/c1-5-13(6-2)9-12(7-8-16-13)14-10(3)11(4)15/h10-12,14-15H,5-9H2,1-4H3. The van der Waals surface area contributed by atoms with Crippen molar-refractivity contribution in [1.82, 2.24) is 5.32 Å². The third-order valence-electron chi connectivity index (χ3n) is 4.00. The maximum atomic E-state index is 9.50. The van der Waals surface area contributed by atoms with Crippen molar-refractivity contribution in [3.8, 4) is 0 Å². The average Bonchev–Trinajstić information content (AvgIpc) is 2.29. The van der Waals surface area contributed by atoms with Crippen molar-refractivity contribution in [1.29, 1.82) is 0 Å². The lowest BCUT2D eigenvalue weighted by atomic mass is 9.85. The summed E-state index contributed by atoms with van der Waals surface area (Å²) in [5, 5.41) is 13.0. The third kappa shape index (κ3) is 3.44. The number of hydrogen-bond donors (Lipinski definition) is 2. The lowest BCUT2D eigenvalue weighted by Gasteiger charge is -2.41. The van der Waals surface area contributed by atoms with E-state index >= 15 is 0 Å². The second kappa shape index (κ2) is 5.99. The van der Waals surface area contributed by atoms with E-state index in [2.05, 4.69) is 19.2 Å². The highest BCUT2D eigenvalue weighted by Gasteiger charge is 2.34. The van der Waals surface area contributed by atoms with Crippen LogP contribution in [0, 0.1) is 0 Å². The molecule has 1 heterocycles. The number of nitrogens with one attached hydrogen (secondary N) is 1. The van der Waals surface area contributed by atoms with Crippen molar-refractivity contribution in [2.75, 3.05) is 6.61 Å². The predicted octanol–water partition coefficient (Wildman–Crippen LogP) is 2.08. The molecule has 0 bridgehead atoms. The Labute approximate surface area is 99.6 Å². The minimum Gasteiger partial charge on any atom is -0.392 e. The zero-order valence-electron chi connectivity index (χ0n) is 11.1. The van der Waals surface area contributed by atoms with Gasteiger partial charge in [0.15, 0.2) is 0 Å². The van der Waals surface area contributed by atoms with Crippen molar-refractivity contribution in [3.63, 3.8) is 0 Å². The van der Waals surface area contributed by atoms with Crippen LogP contribution in [0.5, 0.6) is 0 Å². The van der Waals surface area contributed by atoms with Gasteiger partial charge in [0.1, 0.15) is 0 Å². The van der Waals surface area contributed by atoms with Crippen molar-refractivity contribution in [3.05, 3.63) is 0 Å². The predicted molar refractivity (Wildman–Crippen MR) is 66.6 cm³/mol. The van der Waals surface area contributed by atoms with E-state index in [1.165, 1.54) is 0 Å². The van der Waals surface area contributed by atoms with Gasteiger partial charge in [-0.05, 0) is 39.5 Å². The molecular formula is C13H27NO2. The molecule has 0 saturated carbocycles. The summed E-state index contributed by atoms with van der Waals surface area (Å²) in [5.41, 5.74) is 0.0638. The molecule has 0 aliphatic carbocycles. The maximum Gasteiger partial charge on any atom is 0.0692 e. The van der Waals surface area contributed by atoms with Crippen LogP contribution in [-0.4, -0.2) is 35.5 Å². The van der Waals surface area contributed by atoms with Gasteiger partial charge < -0.3 is 15.2 Å². The molecule has 3 nitrogen and oxygen atoms in total. The van der Waals surface area contributed by atoms with Gasteiger partial charge in [-0.2, -0.15) is 0 Å². The molecule has 2 N–H and O–H groups in total. The van der Waals surface area contributed by atoms with E-state index in [4.69, 9.17) is 4.74 Å². The van der Waals surface area contributed by atoms with E-state index in [1.54, 1.807) is 0 Å². The topological polar surface area (TPSA) is 41.5 Å². The highest BCUT2D eigenvalue weighted by Crippen LogP contribution is 2.31. The lowest BCUT2D eigenvalue weighted by Crippen LogP contribution is -2.50. The Bertz CT molecular complexity index is 202. The van der Waals surface area contributed by atoms with E-state index < -0.39 is 0 Å². The van der Waals surface area contributed by atoms with E-state index in [-0.39, 0.29) is 17.7 Å². The molecule has 96 valence electrons. The van der Waals surface area contributed by atoms with Crippen molar-refractivity contribution >= 4 is 0 Å². The minimum absolute atomic E-state index is 0.0638. The second-order valence-electron chi connectivity index (χ2n) is 5.12. The molecule has 3 unspecified atom stereocenters. The Morgan fingerprint density at radius 2 is 2.00 bits per heavy atom. The van der Waals surface area contributed by atoms with E-state index in [1.807, 2.05) is 13.8 Å². The number of aliphatic hydroxyl groups excluding tert-OH is 1. The first-order valence-corrected chi connectivity index (χ1v) is 6.61. The van der Waals surface area contributed by atoms with Crippen LogP contribution in [0.4, 0.5) is 0 Å². The quantitative estimate of drug-likeness (QED) is 0.758. The Morgan fingerprint density at radius 1 is 1.38 bits per heavy atom. The van der Waals surface area contributed by atoms with E-state index in [0.29, 0.717) is 6.04 Å². The Balaban J connectivity index is 2.50. The summed E-state index contributed by atoms with van der Waals surface area (Å²) in [6.07, 6.45) is 3.98. The second-order valence-corrected chi connectivity index (χ2v) is 5.12. The molecule has 0 spiro atoms. The van der Waals surface area contributed by atoms with Gasteiger partial charge in [-0.1, -0.05) is 13.8 Å². The van der Waals surface area contributed by atoms with Gasteiger partial charge in [0, 0.05) is 18.7 Å². The highest BCUT2D eigenvalue weighted by molar-refractivity contribution is 4.89. The SMILES string of the molecule is CCC1(CC)CC(NC(C)C(C)O)CCO1.